The Kier molecular flexibility index (Phi) is 5.83. The zero-order chi connectivity index (χ0) is 20.9. The molecule has 0 spiro atoms. The summed E-state index contributed by atoms with van der Waals surface area (Å²) in [6.07, 6.45) is 1.67. The Labute approximate surface area is 174 Å². The second-order valence-corrected chi connectivity index (χ2v) is 7.05. The Bertz CT molecular complexity index is 1000. The van der Waals surface area contributed by atoms with Gasteiger partial charge in [0.25, 0.3) is 0 Å². The molecule has 0 saturated carbocycles. The summed E-state index contributed by atoms with van der Waals surface area (Å²) in [6, 6.07) is 14.7. The van der Waals surface area contributed by atoms with Crippen molar-refractivity contribution < 1.29 is 18.8 Å². The third kappa shape index (κ3) is 4.22. The fourth-order valence-corrected chi connectivity index (χ4v) is 3.56. The second kappa shape index (κ2) is 8.86. The van der Waals surface area contributed by atoms with Crippen LogP contribution >= 0.6 is 0 Å². The lowest BCUT2D eigenvalue weighted by Gasteiger charge is -2.22. The van der Waals surface area contributed by atoms with Gasteiger partial charge in [0.05, 0.1) is 14.2 Å². The van der Waals surface area contributed by atoms with E-state index in [0.717, 1.165) is 35.5 Å². The molecule has 1 aliphatic rings. The number of nitrogens with zero attached hydrogens (tertiary/aromatic N) is 3. The summed E-state index contributed by atoms with van der Waals surface area (Å²) in [6.45, 7) is 1.06. The van der Waals surface area contributed by atoms with Crippen molar-refractivity contribution in [1.29, 1.82) is 0 Å². The number of nitrogens with one attached hydrogen (secondary N) is 1. The number of rotatable bonds is 6. The first-order valence-corrected chi connectivity index (χ1v) is 9.83. The van der Waals surface area contributed by atoms with E-state index < -0.39 is 0 Å². The van der Waals surface area contributed by atoms with E-state index in [1.807, 2.05) is 48.5 Å². The molecule has 1 N–H and O–H groups in total. The Morgan fingerprint density at radius 3 is 2.73 bits per heavy atom. The fourth-order valence-electron chi connectivity index (χ4n) is 3.56. The third-order valence-corrected chi connectivity index (χ3v) is 5.17. The van der Waals surface area contributed by atoms with E-state index in [1.54, 1.807) is 19.1 Å². The van der Waals surface area contributed by atoms with Gasteiger partial charge in [-0.2, -0.15) is 4.98 Å². The summed E-state index contributed by atoms with van der Waals surface area (Å²) in [7, 11) is 3.24. The molecule has 8 heteroatoms. The third-order valence-electron chi connectivity index (χ3n) is 5.17. The Morgan fingerprint density at radius 1 is 1.17 bits per heavy atom. The van der Waals surface area contributed by atoms with E-state index in [-0.39, 0.29) is 12.1 Å². The standard InChI is InChI=1S/C22H24N4O4/c1-28-17-10-8-16(9-11-17)20-24-21(30-25-20)19-7-4-12-26(19)22(27)23-14-15-5-3-6-18(13-15)29-2/h3,5-6,8-11,13,19H,4,7,12,14H2,1-2H3,(H,23,27)/t19-/m1/s1. The van der Waals surface area contributed by atoms with Crippen molar-refractivity contribution in [2.24, 2.45) is 0 Å². The first-order valence-electron chi connectivity index (χ1n) is 9.83. The maximum atomic E-state index is 12.8. The molecule has 3 aromatic rings. The summed E-state index contributed by atoms with van der Waals surface area (Å²) in [5, 5.41) is 7.06. The quantitative estimate of drug-likeness (QED) is 0.667. The minimum absolute atomic E-state index is 0.149. The number of carbonyl (C=O) groups is 1. The molecule has 1 aromatic heterocycles. The van der Waals surface area contributed by atoms with Crippen LogP contribution in [0.3, 0.4) is 0 Å². The molecular weight excluding hydrogens is 384 g/mol. The molecule has 0 aliphatic carbocycles. The van der Waals surface area contributed by atoms with E-state index in [2.05, 4.69) is 15.5 Å². The summed E-state index contributed by atoms with van der Waals surface area (Å²) in [4.78, 5) is 19.1. The SMILES string of the molecule is COc1ccc(-c2noc([C@H]3CCCN3C(=O)NCc3cccc(OC)c3)n2)cc1. The van der Waals surface area contributed by atoms with Crippen LogP contribution < -0.4 is 14.8 Å². The number of hydrogen-bond donors (Lipinski definition) is 1. The van der Waals surface area contributed by atoms with Crippen LogP contribution in [0.4, 0.5) is 4.79 Å². The highest BCUT2D eigenvalue weighted by molar-refractivity contribution is 5.75. The molecule has 156 valence electrons. The van der Waals surface area contributed by atoms with E-state index >= 15 is 0 Å². The monoisotopic (exact) mass is 408 g/mol. The van der Waals surface area contributed by atoms with Gasteiger partial charge in [-0.15, -0.1) is 0 Å². The van der Waals surface area contributed by atoms with E-state index in [0.29, 0.717) is 24.8 Å². The van der Waals surface area contributed by atoms with Gasteiger partial charge in [-0.3, -0.25) is 0 Å². The van der Waals surface area contributed by atoms with Crippen LogP contribution in [0.5, 0.6) is 11.5 Å². The topological polar surface area (TPSA) is 89.7 Å². The van der Waals surface area contributed by atoms with Gasteiger partial charge in [-0.05, 0) is 54.8 Å². The van der Waals surface area contributed by atoms with Gasteiger partial charge in [0, 0.05) is 18.7 Å². The Morgan fingerprint density at radius 2 is 1.97 bits per heavy atom. The van der Waals surface area contributed by atoms with E-state index in [9.17, 15) is 4.79 Å². The number of likely N-dealkylation sites (tertiary alicyclic amines) is 1. The molecule has 30 heavy (non-hydrogen) atoms. The predicted molar refractivity (Wildman–Crippen MR) is 110 cm³/mol. The molecule has 1 saturated heterocycles. The number of carbonyl (C=O) groups excluding carboxylic acids is 1. The predicted octanol–water partition coefficient (Wildman–Crippen LogP) is 3.80. The van der Waals surface area contributed by atoms with Gasteiger partial charge in [0.15, 0.2) is 0 Å². The number of benzene rings is 2. The highest BCUT2D eigenvalue weighted by Crippen LogP contribution is 2.32. The van der Waals surface area contributed by atoms with Crippen LogP contribution in [0, 0.1) is 0 Å². The van der Waals surface area contributed by atoms with Gasteiger partial charge in [0.1, 0.15) is 17.5 Å². The van der Waals surface area contributed by atoms with Crippen LogP contribution in [-0.2, 0) is 6.54 Å². The van der Waals surface area contributed by atoms with Crippen molar-refractivity contribution in [1.82, 2.24) is 20.4 Å². The highest BCUT2D eigenvalue weighted by atomic mass is 16.5. The lowest BCUT2D eigenvalue weighted by molar-refractivity contribution is 0.180. The van der Waals surface area contributed by atoms with Crippen molar-refractivity contribution in [2.45, 2.75) is 25.4 Å². The number of ether oxygens (including phenoxy) is 2. The fraction of sp³-hybridized carbons (Fsp3) is 0.318. The zero-order valence-corrected chi connectivity index (χ0v) is 17.0. The van der Waals surface area contributed by atoms with E-state index in [4.69, 9.17) is 14.0 Å². The molecular formula is C22H24N4O4. The summed E-state index contributed by atoms with van der Waals surface area (Å²) in [5.74, 6) is 2.47. The summed E-state index contributed by atoms with van der Waals surface area (Å²) >= 11 is 0. The smallest absolute Gasteiger partial charge is 0.318 e. The Balaban J connectivity index is 1.42. The second-order valence-electron chi connectivity index (χ2n) is 7.05. The minimum atomic E-state index is -0.227. The van der Waals surface area contributed by atoms with Crippen molar-refractivity contribution in [3.63, 3.8) is 0 Å². The van der Waals surface area contributed by atoms with Gasteiger partial charge in [0.2, 0.25) is 11.7 Å². The number of aromatic nitrogens is 2. The molecule has 2 aromatic carbocycles. The normalized spacial score (nSPS) is 15.8. The Hall–Kier alpha value is -3.55. The van der Waals surface area contributed by atoms with Crippen LogP contribution in [0.15, 0.2) is 53.1 Å². The minimum Gasteiger partial charge on any atom is -0.497 e. The molecule has 4 rings (SSSR count). The van der Waals surface area contributed by atoms with Crippen molar-refractivity contribution in [3.05, 3.63) is 60.0 Å². The summed E-state index contributed by atoms with van der Waals surface area (Å²) < 4.78 is 15.9. The van der Waals surface area contributed by atoms with Crippen LogP contribution in [0.1, 0.15) is 30.3 Å². The average molecular weight is 408 g/mol. The number of amides is 2. The zero-order valence-electron chi connectivity index (χ0n) is 17.0. The maximum absolute atomic E-state index is 12.8. The lowest BCUT2D eigenvalue weighted by Crippen LogP contribution is -2.39. The van der Waals surface area contributed by atoms with Crippen molar-refractivity contribution in [2.75, 3.05) is 20.8 Å². The molecule has 0 bridgehead atoms. The van der Waals surface area contributed by atoms with E-state index in [1.165, 1.54) is 0 Å². The largest absolute Gasteiger partial charge is 0.497 e. The molecule has 8 nitrogen and oxygen atoms in total. The van der Waals surface area contributed by atoms with Crippen LogP contribution in [0.25, 0.3) is 11.4 Å². The van der Waals surface area contributed by atoms with Gasteiger partial charge in [-0.25, -0.2) is 4.79 Å². The first kappa shape index (κ1) is 19.8. The number of hydrogen-bond acceptors (Lipinski definition) is 6. The number of urea groups is 1. The lowest BCUT2D eigenvalue weighted by atomic mass is 10.2. The average Bonchev–Trinajstić information content (AvgIpc) is 3.47. The van der Waals surface area contributed by atoms with Crippen molar-refractivity contribution in [3.8, 4) is 22.9 Å². The van der Waals surface area contributed by atoms with Crippen LogP contribution in [-0.4, -0.2) is 41.8 Å². The molecule has 1 aliphatic heterocycles. The van der Waals surface area contributed by atoms with Crippen LogP contribution in [0.2, 0.25) is 0 Å². The van der Waals surface area contributed by atoms with Gasteiger partial charge in [-0.1, -0.05) is 17.3 Å². The van der Waals surface area contributed by atoms with Crippen molar-refractivity contribution >= 4 is 6.03 Å². The van der Waals surface area contributed by atoms with Gasteiger partial charge >= 0.3 is 6.03 Å². The molecule has 1 atom stereocenters. The first-order chi connectivity index (χ1) is 14.7. The maximum Gasteiger partial charge on any atom is 0.318 e. The molecule has 1 fully saturated rings. The van der Waals surface area contributed by atoms with Gasteiger partial charge < -0.3 is 24.2 Å². The number of methoxy groups -OCH3 is 2. The molecule has 2 amide bonds. The molecule has 2 heterocycles. The molecule has 0 unspecified atom stereocenters. The summed E-state index contributed by atoms with van der Waals surface area (Å²) in [5.41, 5.74) is 1.80. The highest BCUT2D eigenvalue weighted by Gasteiger charge is 2.34. The molecule has 0 radical (unpaired) electrons.